The van der Waals surface area contributed by atoms with Gasteiger partial charge in [0.1, 0.15) is 36.3 Å². The number of amides is 2. The molecule has 0 bridgehead atoms. The maximum absolute atomic E-state index is 14.4. The summed E-state index contributed by atoms with van der Waals surface area (Å²) in [6, 6.07) is 16.5. The quantitative estimate of drug-likeness (QED) is 0.308. The summed E-state index contributed by atoms with van der Waals surface area (Å²) >= 11 is 1.62. The van der Waals surface area contributed by atoms with Gasteiger partial charge in [0.25, 0.3) is 5.91 Å². The van der Waals surface area contributed by atoms with Crippen molar-refractivity contribution in [2.75, 3.05) is 19.7 Å². The van der Waals surface area contributed by atoms with E-state index in [2.05, 4.69) is 0 Å². The Morgan fingerprint density at radius 2 is 1.95 bits per heavy atom. The number of carbonyl (C=O) groups is 2. The van der Waals surface area contributed by atoms with Crippen molar-refractivity contribution in [2.45, 2.75) is 19.0 Å². The van der Waals surface area contributed by atoms with Gasteiger partial charge in [0.05, 0.1) is 24.4 Å². The maximum atomic E-state index is 14.4. The van der Waals surface area contributed by atoms with Crippen LogP contribution < -0.4 is 4.74 Å². The second kappa shape index (κ2) is 11.0. The van der Waals surface area contributed by atoms with Gasteiger partial charge in [-0.25, -0.2) is 8.78 Å². The molecule has 0 saturated carbocycles. The highest BCUT2D eigenvalue weighted by Gasteiger charge is 2.34. The lowest BCUT2D eigenvalue weighted by atomic mass is 10.0. The zero-order chi connectivity index (χ0) is 25.8. The molecule has 0 radical (unpaired) electrons. The molecular weight excluding hydrogens is 498 g/mol. The summed E-state index contributed by atoms with van der Waals surface area (Å²) in [5, 5.41) is 1.97. The SMILES string of the molecule is O=C(c1ccccc1F)N(CC(=O)N1CCc2sccc2C1COc1cccc(F)c1)Cc1ccco1. The van der Waals surface area contributed by atoms with Crippen LogP contribution in [0.4, 0.5) is 8.78 Å². The maximum Gasteiger partial charge on any atom is 0.257 e. The summed E-state index contributed by atoms with van der Waals surface area (Å²) in [5.74, 6) is -1.15. The molecule has 9 heteroatoms. The van der Waals surface area contributed by atoms with E-state index >= 15 is 0 Å². The lowest BCUT2D eigenvalue weighted by molar-refractivity contribution is -0.135. The number of hydrogen-bond donors (Lipinski definition) is 0. The lowest BCUT2D eigenvalue weighted by Crippen LogP contribution is -2.47. The number of nitrogens with zero attached hydrogens (tertiary/aromatic N) is 2. The molecule has 1 aliphatic rings. The number of halogens is 2. The van der Waals surface area contributed by atoms with E-state index in [1.165, 1.54) is 41.5 Å². The van der Waals surface area contributed by atoms with Crippen molar-refractivity contribution in [1.82, 2.24) is 9.80 Å². The van der Waals surface area contributed by atoms with Crippen LogP contribution >= 0.6 is 11.3 Å². The van der Waals surface area contributed by atoms with Gasteiger partial charge in [-0.3, -0.25) is 9.59 Å². The van der Waals surface area contributed by atoms with Gasteiger partial charge < -0.3 is 19.0 Å². The Balaban J connectivity index is 1.38. The minimum atomic E-state index is -0.661. The molecule has 1 unspecified atom stereocenters. The monoisotopic (exact) mass is 522 g/mol. The Kier molecular flexibility index (Phi) is 7.32. The van der Waals surface area contributed by atoms with E-state index in [0.29, 0.717) is 24.5 Å². The van der Waals surface area contributed by atoms with Crippen LogP contribution in [0.1, 0.15) is 32.6 Å². The van der Waals surface area contributed by atoms with E-state index in [9.17, 15) is 18.4 Å². The fourth-order valence-corrected chi connectivity index (χ4v) is 5.38. The Labute approximate surface area is 216 Å². The van der Waals surface area contributed by atoms with E-state index in [4.69, 9.17) is 9.15 Å². The molecule has 37 heavy (non-hydrogen) atoms. The molecule has 0 aliphatic carbocycles. The van der Waals surface area contributed by atoms with Crippen LogP contribution in [0, 0.1) is 11.6 Å². The standard InChI is InChI=1S/C28H24F2N2O4S/c29-19-5-3-6-20(15-19)36-18-25-23-11-14-37-26(23)10-12-32(25)27(33)17-31(16-21-7-4-13-35-21)28(34)22-8-1-2-9-24(22)30/h1-9,11,13-15,25H,10,12,16-18H2. The topological polar surface area (TPSA) is 63.0 Å². The van der Waals surface area contributed by atoms with Crippen molar-refractivity contribution in [1.29, 1.82) is 0 Å². The average Bonchev–Trinajstić information content (AvgIpc) is 3.59. The predicted octanol–water partition coefficient (Wildman–Crippen LogP) is 5.47. The number of carbonyl (C=O) groups excluding carboxylic acids is 2. The van der Waals surface area contributed by atoms with Gasteiger partial charge in [-0.1, -0.05) is 18.2 Å². The van der Waals surface area contributed by atoms with Crippen molar-refractivity contribution >= 4 is 23.2 Å². The van der Waals surface area contributed by atoms with Crippen LogP contribution in [0.2, 0.25) is 0 Å². The van der Waals surface area contributed by atoms with Gasteiger partial charge in [-0.15, -0.1) is 11.3 Å². The fourth-order valence-electron chi connectivity index (χ4n) is 4.46. The van der Waals surface area contributed by atoms with E-state index < -0.39 is 23.6 Å². The Morgan fingerprint density at radius 1 is 1.08 bits per heavy atom. The average molecular weight is 523 g/mol. The first kappa shape index (κ1) is 24.7. The summed E-state index contributed by atoms with van der Waals surface area (Å²) in [4.78, 5) is 31.1. The third-order valence-electron chi connectivity index (χ3n) is 6.26. The van der Waals surface area contributed by atoms with Gasteiger partial charge in [0.2, 0.25) is 5.91 Å². The molecule has 0 fully saturated rings. The molecule has 0 saturated heterocycles. The van der Waals surface area contributed by atoms with Gasteiger partial charge in [0, 0.05) is 17.5 Å². The Hall–Kier alpha value is -3.98. The predicted molar refractivity (Wildman–Crippen MR) is 134 cm³/mol. The number of thiophene rings is 1. The Bertz CT molecular complexity index is 1390. The third-order valence-corrected chi connectivity index (χ3v) is 7.26. The molecule has 6 nitrogen and oxygen atoms in total. The number of fused-ring (bicyclic) bond motifs is 1. The lowest BCUT2D eigenvalue weighted by Gasteiger charge is -2.37. The fraction of sp³-hybridized carbons (Fsp3) is 0.214. The van der Waals surface area contributed by atoms with Crippen LogP contribution in [-0.4, -0.2) is 41.3 Å². The summed E-state index contributed by atoms with van der Waals surface area (Å²) < 4.78 is 39.4. The first-order valence-corrected chi connectivity index (χ1v) is 12.7. The molecule has 3 heterocycles. The van der Waals surface area contributed by atoms with Crippen LogP contribution in [0.25, 0.3) is 0 Å². The molecule has 190 valence electrons. The summed E-state index contributed by atoms with van der Waals surface area (Å²) in [6.07, 6.45) is 2.15. The van der Waals surface area contributed by atoms with Crippen LogP contribution in [-0.2, 0) is 17.8 Å². The number of ether oxygens (including phenoxy) is 1. The molecule has 1 atom stereocenters. The highest BCUT2D eigenvalue weighted by molar-refractivity contribution is 7.10. The van der Waals surface area contributed by atoms with Crippen molar-refractivity contribution in [3.63, 3.8) is 0 Å². The third kappa shape index (κ3) is 5.56. The van der Waals surface area contributed by atoms with Crippen molar-refractivity contribution in [2.24, 2.45) is 0 Å². The highest BCUT2D eigenvalue weighted by atomic mass is 32.1. The highest BCUT2D eigenvalue weighted by Crippen LogP contribution is 2.34. The van der Waals surface area contributed by atoms with Gasteiger partial charge in [-0.2, -0.15) is 0 Å². The number of rotatable bonds is 8. The molecule has 0 N–H and O–H groups in total. The zero-order valence-corrected chi connectivity index (χ0v) is 20.6. The van der Waals surface area contributed by atoms with Crippen molar-refractivity contribution < 1.29 is 27.5 Å². The molecule has 5 rings (SSSR count). The molecular formula is C28H24F2N2O4S. The summed E-state index contributed by atoms with van der Waals surface area (Å²) in [7, 11) is 0. The minimum Gasteiger partial charge on any atom is -0.491 e. The molecule has 4 aromatic rings. The smallest absolute Gasteiger partial charge is 0.257 e. The molecule has 2 aromatic carbocycles. The first-order valence-electron chi connectivity index (χ1n) is 11.8. The van der Waals surface area contributed by atoms with E-state index in [1.807, 2.05) is 11.4 Å². The van der Waals surface area contributed by atoms with Crippen LogP contribution in [0.3, 0.4) is 0 Å². The number of benzene rings is 2. The molecule has 2 amide bonds. The van der Waals surface area contributed by atoms with Gasteiger partial charge >= 0.3 is 0 Å². The first-order chi connectivity index (χ1) is 18.0. The van der Waals surface area contributed by atoms with Gasteiger partial charge in [-0.05, 0) is 59.8 Å². The largest absolute Gasteiger partial charge is 0.491 e. The molecule has 0 spiro atoms. The van der Waals surface area contributed by atoms with E-state index in [0.717, 1.165) is 10.4 Å². The van der Waals surface area contributed by atoms with Crippen LogP contribution in [0.5, 0.6) is 5.75 Å². The second-order valence-electron chi connectivity index (χ2n) is 8.64. The summed E-state index contributed by atoms with van der Waals surface area (Å²) in [6.45, 7) is 0.294. The Morgan fingerprint density at radius 3 is 2.73 bits per heavy atom. The zero-order valence-electron chi connectivity index (χ0n) is 19.8. The van der Waals surface area contributed by atoms with Gasteiger partial charge in [0.15, 0.2) is 0 Å². The summed E-state index contributed by atoms with van der Waals surface area (Å²) in [5.41, 5.74) is 0.852. The van der Waals surface area contributed by atoms with Crippen molar-refractivity contribution in [3.05, 3.63) is 112 Å². The number of hydrogen-bond acceptors (Lipinski definition) is 5. The molecule has 2 aromatic heterocycles. The van der Waals surface area contributed by atoms with Crippen molar-refractivity contribution in [3.8, 4) is 5.75 Å². The van der Waals surface area contributed by atoms with E-state index in [-0.39, 0.29) is 31.2 Å². The minimum absolute atomic E-state index is 0.00784. The normalized spacial score (nSPS) is 14.8. The second-order valence-corrected chi connectivity index (χ2v) is 9.64. The number of furan rings is 1. The van der Waals surface area contributed by atoms with E-state index in [1.54, 1.807) is 46.6 Å². The molecule has 1 aliphatic heterocycles. The van der Waals surface area contributed by atoms with Crippen LogP contribution in [0.15, 0.2) is 82.8 Å².